The fraction of sp³-hybridized carbons (Fsp3) is 0.0962. The molecule has 0 saturated heterocycles. The molecule has 7 aromatic carbocycles. The Morgan fingerprint density at radius 1 is 0.397 bits per heavy atom. The smallest absolute Gasteiger partial charge is 0.164 e. The van der Waals surface area contributed by atoms with Gasteiger partial charge in [-0.3, -0.25) is 0 Å². The van der Waals surface area contributed by atoms with Crippen LogP contribution in [0.15, 0.2) is 192 Å². The van der Waals surface area contributed by atoms with Gasteiger partial charge < -0.3 is 5.32 Å². The van der Waals surface area contributed by atoms with E-state index in [4.69, 9.17) is 24.9 Å². The number of benzene rings is 7. The van der Waals surface area contributed by atoms with Crippen LogP contribution in [0.4, 0.5) is 0 Å². The first-order valence-electron chi connectivity index (χ1n) is 19.9. The predicted octanol–water partition coefficient (Wildman–Crippen LogP) is 11.8. The Labute approximate surface area is 339 Å². The largest absolute Gasteiger partial charge is 0.344 e. The molecule has 0 aliphatic carbocycles. The van der Waals surface area contributed by atoms with Crippen molar-refractivity contribution in [2.75, 3.05) is 0 Å². The molecule has 6 heteroatoms. The van der Waals surface area contributed by atoms with Gasteiger partial charge in [0.25, 0.3) is 0 Å². The van der Waals surface area contributed by atoms with Crippen molar-refractivity contribution in [2.45, 2.75) is 32.9 Å². The summed E-state index contributed by atoms with van der Waals surface area (Å²) in [7, 11) is 0. The van der Waals surface area contributed by atoms with Gasteiger partial charge in [-0.05, 0) is 70.0 Å². The SMILES string of the molecule is CCc1ccc(C2=NC(c3cccc(-c4cccc(-c5cccc(-c6nc(-c7ccccc7)nc(-c7ccccc7)n6)c5)c4)c3)=NC(c3ccc(CC)cc3)N2)cc1. The highest BCUT2D eigenvalue weighted by Gasteiger charge is 2.22. The molecule has 6 nitrogen and oxygen atoms in total. The third-order valence-corrected chi connectivity index (χ3v) is 10.6. The first-order valence-corrected chi connectivity index (χ1v) is 19.9. The van der Waals surface area contributed by atoms with Crippen LogP contribution in [-0.4, -0.2) is 26.6 Å². The number of amidine groups is 2. The van der Waals surface area contributed by atoms with E-state index in [-0.39, 0.29) is 6.17 Å². The summed E-state index contributed by atoms with van der Waals surface area (Å²) in [6.07, 6.45) is 1.71. The summed E-state index contributed by atoms with van der Waals surface area (Å²) in [5.41, 5.74) is 12.8. The van der Waals surface area contributed by atoms with Crippen LogP contribution < -0.4 is 5.32 Å². The molecule has 1 atom stereocenters. The van der Waals surface area contributed by atoms with E-state index in [9.17, 15) is 0 Å². The van der Waals surface area contributed by atoms with Crippen LogP contribution >= 0.6 is 0 Å². The van der Waals surface area contributed by atoms with E-state index in [1.54, 1.807) is 0 Å². The number of nitrogens with zero attached hydrogens (tertiary/aromatic N) is 5. The van der Waals surface area contributed by atoms with Crippen molar-refractivity contribution in [3.63, 3.8) is 0 Å². The molecule has 58 heavy (non-hydrogen) atoms. The number of aryl methyl sites for hydroxylation is 2. The molecule has 2 heterocycles. The molecule has 0 spiro atoms. The number of hydrogen-bond acceptors (Lipinski definition) is 6. The minimum Gasteiger partial charge on any atom is -0.344 e. The van der Waals surface area contributed by atoms with Gasteiger partial charge in [0, 0.05) is 27.8 Å². The third kappa shape index (κ3) is 7.86. The topological polar surface area (TPSA) is 75.4 Å². The van der Waals surface area contributed by atoms with Crippen molar-refractivity contribution >= 4 is 11.7 Å². The van der Waals surface area contributed by atoms with E-state index in [2.05, 4.69) is 140 Å². The Hall–Kier alpha value is -7.31. The maximum absolute atomic E-state index is 5.18. The van der Waals surface area contributed by atoms with E-state index in [1.807, 2.05) is 60.7 Å². The second-order valence-electron chi connectivity index (χ2n) is 14.4. The second kappa shape index (κ2) is 16.4. The Morgan fingerprint density at radius 2 is 0.810 bits per heavy atom. The molecule has 280 valence electrons. The van der Waals surface area contributed by atoms with Crippen LogP contribution in [0.1, 0.15) is 47.8 Å². The van der Waals surface area contributed by atoms with Crippen LogP contribution in [-0.2, 0) is 12.8 Å². The van der Waals surface area contributed by atoms with Gasteiger partial charge in [0.1, 0.15) is 12.0 Å². The highest BCUT2D eigenvalue weighted by Crippen LogP contribution is 2.32. The van der Waals surface area contributed by atoms with E-state index >= 15 is 0 Å². The maximum atomic E-state index is 5.18. The number of nitrogens with one attached hydrogen (secondary N) is 1. The first kappa shape index (κ1) is 36.3. The van der Waals surface area contributed by atoms with E-state index in [0.717, 1.165) is 74.3 Å². The standard InChI is InChI=1S/C52H42N6/c1-3-35-24-28-39(29-25-35)49-54-50(40-30-26-36(4-2)27-31-40)58-52(57-49)46-23-13-21-44(34-46)42-19-11-18-41(32-42)43-20-12-22-45(33-43)51-55-47(37-14-7-5-8-15-37)53-48(56-51)38-16-9-6-10-17-38/h5-34,49H,3-4H2,1-2H3,(H,54,57,58). The molecular formula is C52H42N6. The van der Waals surface area contributed by atoms with Gasteiger partial charge in [0.05, 0.1) is 0 Å². The van der Waals surface area contributed by atoms with Gasteiger partial charge in [0.2, 0.25) is 0 Å². The lowest BCUT2D eigenvalue weighted by Gasteiger charge is -2.24. The van der Waals surface area contributed by atoms with Crippen molar-refractivity contribution in [1.82, 2.24) is 20.3 Å². The number of hydrogen-bond donors (Lipinski definition) is 1. The number of rotatable bonds is 10. The zero-order valence-electron chi connectivity index (χ0n) is 32.5. The highest BCUT2D eigenvalue weighted by molar-refractivity contribution is 6.13. The van der Waals surface area contributed by atoms with Gasteiger partial charge in [-0.2, -0.15) is 0 Å². The van der Waals surface area contributed by atoms with Crippen molar-refractivity contribution in [1.29, 1.82) is 0 Å². The average Bonchev–Trinajstić information content (AvgIpc) is 3.32. The lowest BCUT2D eigenvalue weighted by Crippen LogP contribution is -2.33. The molecule has 1 aromatic heterocycles. The summed E-state index contributed by atoms with van der Waals surface area (Å²) in [5.74, 6) is 3.42. The summed E-state index contributed by atoms with van der Waals surface area (Å²) < 4.78 is 0. The second-order valence-corrected chi connectivity index (χ2v) is 14.4. The van der Waals surface area contributed by atoms with E-state index in [0.29, 0.717) is 23.3 Å². The fourth-order valence-electron chi connectivity index (χ4n) is 7.22. The van der Waals surface area contributed by atoms with E-state index in [1.165, 1.54) is 11.1 Å². The zero-order valence-corrected chi connectivity index (χ0v) is 32.5. The van der Waals surface area contributed by atoms with Gasteiger partial charge in [-0.15, -0.1) is 0 Å². The highest BCUT2D eigenvalue weighted by atomic mass is 15.2. The molecule has 1 N–H and O–H groups in total. The predicted molar refractivity (Wildman–Crippen MR) is 238 cm³/mol. The van der Waals surface area contributed by atoms with Crippen LogP contribution in [0.2, 0.25) is 0 Å². The van der Waals surface area contributed by atoms with Gasteiger partial charge in [-0.25, -0.2) is 24.9 Å². The van der Waals surface area contributed by atoms with Gasteiger partial charge >= 0.3 is 0 Å². The molecule has 1 aliphatic rings. The van der Waals surface area contributed by atoms with Crippen LogP contribution in [0.25, 0.3) is 56.4 Å². The monoisotopic (exact) mass is 750 g/mol. The van der Waals surface area contributed by atoms with Crippen molar-refractivity contribution < 1.29 is 0 Å². The van der Waals surface area contributed by atoms with E-state index < -0.39 is 0 Å². The molecular weight excluding hydrogens is 709 g/mol. The molecule has 9 rings (SSSR count). The Bertz CT molecular complexity index is 2700. The molecule has 0 bridgehead atoms. The summed E-state index contributed by atoms with van der Waals surface area (Å²) >= 11 is 0. The summed E-state index contributed by atoms with van der Waals surface area (Å²) in [4.78, 5) is 25.1. The lowest BCUT2D eigenvalue weighted by atomic mass is 9.96. The maximum Gasteiger partial charge on any atom is 0.164 e. The summed E-state index contributed by atoms with van der Waals surface area (Å²) in [6, 6.07) is 63.1. The van der Waals surface area contributed by atoms with Crippen molar-refractivity contribution in [3.05, 3.63) is 210 Å². The fourth-order valence-corrected chi connectivity index (χ4v) is 7.22. The molecule has 1 unspecified atom stereocenters. The molecule has 0 radical (unpaired) electrons. The Morgan fingerprint density at radius 3 is 1.33 bits per heavy atom. The first-order chi connectivity index (χ1) is 28.6. The number of aliphatic imine (C=N–C) groups is 2. The molecule has 8 aromatic rings. The summed E-state index contributed by atoms with van der Waals surface area (Å²) in [5, 5.41) is 3.62. The summed E-state index contributed by atoms with van der Waals surface area (Å²) in [6.45, 7) is 4.35. The quantitative estimate of drug-likeness (QED) is 0.151. The molecule has 0 saturated carbocycles. The van der Waals surface area contributed by atoms with Crippen LogP contribution in [0.3, 0.4) is 0 Å². The molecule has 0 amide bonds. The Balaban J connectivity index is 1.06. The Kier molecular flexibility index (Phi) is 10.3. The minimum absolute atomic E-state index is 0.268. The minimum atomic E-state index is -0.268. The lowest BCUT2D eigenvalue weighted by molar-refractivity contribution is 0.674. The van der Waals surface area contributed by atoms with Gasteiger partial charge in [-0.1, -0.05) is 178 Å². The molecule has 0 fully saturated rings. The van der Waals surface area contributed by atoms with Crippen molar-refractivity contribution in [3.8, 4) is 56.4 Å². The van der Waals surface area contributed by atoms with Crippen LogP contribution in [0, 0.1) is 0 Å². The third-order valence-electron chi connectivity index (χ3n) is 10.6. The average molecular weight is 751 g/mol. The molecule has 1 aliphatic heterocycles. The zero-order chi connectivity index (χ0) is 39.3. The normalized spacial score (nSPS) is 13.7. The van der Waals surface area contributed by atoms with Crippen LogP contribution in [0.5, 0.6) is 0 Å². The van der Waals surface area contributed by atoms with Gasteiger partial charge in [0.15, 0.2) is 23.3 Å². The van der Waals surface area contributed by atoms with Crippen molar-refractivity contribution in [2.24, 2.45) is 9.98 Å². The number of aromatic nitrogens is 3.